The SMILES string of the molecule is Cc1ccc(C(=O)CCC(=O)NCCCCCO)cc1. The zero-order valence-corrected chi connectivity index (χ0v) is 12.0. The van der Waals surface area contributed by atoms with Gasteiger partial charge in [-0.3, -0.25) is 9.59 Å². The first-order valence-electron chi connectivity index (χ1n) is 7.11. The minimum absolute atomic E-state index is 0.000399. The summed E-state index contributed by atoms with van der Waals surface area (Å²) in [5, 5.41) is 11.4. The predicted octanol–water partition coefficient (Wildman–Crippen LogP) is 2.24. The second-order valence-corrected chi connectivity index (χ2v) is 4.92. The molecule has 0 radical (unpaired) electrons. The zero-order valence-electron chi connectivity index (χ0n) is 12.0. The fourth-order valence-electron chi connectivity index (χ4n) is 1.84. The van der Waals surface area contributed by atoms with Crippen molar-refractivity contribution < 1.29 is 14.7 Å². The first-order valence-corrected chi connectivity index (χ1v) is 7.11. The molecule has 4 nitrogen and oxygen atoms in total. The molecule has 0 aliphatic carbocycles. The number of benzene rings is 1. The van der Waals surface area contributed by atoms with Gasteiger partial charge < -0.3 is 10.4 Å². The number of ketones is 1. The summed E-state index contributed by atoms with van der Waals surface area (Å²) in [6.45, 7) is 2.77. The first-order chi connectivity index (χ1) is 9.63. The molecule has 4 heteroatoms. The number of aliphatic hydroxyl groups excluding tert-OH is 1. The van der Waals surface area contributed by atoms with Crippen molar-refractivity contribution in [1.29, 1.82) is 0 Å². The fourth-order valence-corrected chi connectivity index (χ4v) is 1.84. The van der Waals surface area contributed by atoms with Crippen LogP contribution in [0.15, 0.2) is 24.3 Å². The van der Waals surface area contributed by atoms with Crippen LogP contribution < -0.4 is 5.32 Å². The lowest BCUT2D eigenvalue weighted by atomic mass is 10.0. The van der Waals surface area contributed by atoms with Gasteiger partial charge in [-0.15, -0.1) is 0 Å². The van der Waals surface area contributed by atoms with Crippen molar-refractivity contribution in [2.75, 3.05) is 13.2 Å². The molecule has 2 N–H and O–H groups in total. The van der Waals surface area contributed by atoms with Crippen LogP contribution in [0.4, 0.5) is 0 Å². The van der Waals surface area contributed by atoms with Crippen LogP contribution in [-0.2, 0) is 4.79 Å². The standard InChI is InChI=1S/C16H23NO3/c1-13-5-7-14(8-6-13)15(19)9-10-16(20)17-11-3-2-4-12-18/h5-8,18H,2-4,9-12H2,1H3,(H,17,20). The number of hydrogen-bond donors (Lipinski definition) is 2. The van der Waals surface area contributed by atoms with E-state index < -0.39 is 0 Å². The number of rotatable bonds is 9. The number of hydrogen-bond acceptors (Lipinski definition) is 3. The summed E-state index contributed by atoms with van der Waals surface area (Å²) in [6, 6.07) is 7.39. The number of unbranched alkanes of at least 4 members (excludes halogenated alkanes) is 2. The molecular weight excluding hydrogens is 254 g/mol. The van der Waals surface area contributed by atoms with Gasteiger partial charge in [-0.1, -0.05) is 29.8 Å². The average molecular weight is 277 g/mol. The lowest BCUT2D eigenvalue weighted by Crippen LogP contribution is -2.24. The molecule has 1 amide bonds. The van der Waals surface area contributed by atoms with E-state index >= 15 is 0 Å². The maximum absolute atomic E-state index is 11.9. The van der Waals surface area contributed by atoms with Gasteiger partial charge in [0, 0.05) is 31.6 Å². The number of carbonyl (C=O) groups is 2. The highest BCUT2D eigenvalue weighted by Crippen LogP contribution is 2.07. The molecule has 0 heterocycles. The summed E-state index contributed by atoms with van der Waals surface area (Å²) in [5.74, 6) is -0.0881. The number of amides is 1. The third-order valence-electron chi connectivity index (χ3n) is 3.11. The van der Waals surface area contributed by atoms with Gasteiger partial charge in [0.15, 0.2) is 5.78 Å². The zero-order chi connectivity index (χ0) is 14.8. The molecule has 1 aromatic rings. The van der Waals surface area contributed by atoms with E-state index in [2.05, 4.69) is 5.32 Å². The van der Waals surface area contributed by atoms with E-state index in [9.17, 15) is 9.59 Å². The Morgan fingerprint density at radius 3 is 2.40 bits per heavy atom. The van der Waals surface area contributed by atoms with Crippen molar-refractivity contribution in [1.82, 2.24) is 5.32 Å². The van der Waals surface area contributed by atoms with Crippen molar-refractivity contribution in [3.05, 3.63) is 35.4 Å². The highest BCUT2D eigenvalue weighted by Gasteiger charge is 2.08. The summed E-state index contributed by atoms with van der Waals surface area (Å²) in [6.07, 6.45) is 3.00. The molecular formula is C16H23NO3. The van der Waals surface area contributed by atoms with Gasteiger partial charge in [-0.25, -0.2) is 0 Å². The molecule has 0 atom stereocenters. The van der Waals surface area contributed by atoms with Crippen LogP contribution in [0.25, 0.3) is 0 Å². The van der Waals surface area contributed by atoms with Gasteiger partial charge in [0.05, 0.1) is 0 Å². The van der Waals surface area contributed by atoms with Crippen molar-refractivity contribution in [3.63, 3.8) is 0 Å². The van der Waals surface area contributed by atoms with Crippen LogP contribution in [0, 0.1) is 6.92 Å². The Labute approximate surface area is 120 Å². The van der Waals surface area contributed by atoms with Crippen LogP contribution in [-0.4, -0.2) is 29.9 Å². The molecule has 1 rings (SSSR count). The van der Waals surface area contributed by atoms with E-state index in [1.807, 2.05) is 19.1 Å². The van der Waals surface area contributed by atoms with Gasteiger partial charge in [0.1, 0.15) is 0 Å². The number of carbonyl (C=O) groups excluding carboxylic acids is 2. The van der Waals surface area contributed by atoms with Gasteiger partial charge >= 0.3 is 0 Å². The Morgan fingerprint density at radius 2 is 1.75 bits per heavy atom. The van der Waals surface area contributed by atoms with Crippen LogP contribution in [0.3, 0.4) is 0 Å². The van der Waals surface area contributed by atoms with Gasteiger partial charge in [-0.05, 0) is 26.2 Å². The maximum Gasteiger partial charge on any atom is 0.220 e. The van der Waals surface area contributed by atoms with Crippen molar-refractivity contribution in [2.45, 2.75) is 39.0 Å². The lowest BCUT2D eigenvalue weighted by molar-refractivity contribution is -0.121. The van der Waals surface area contributed by atoms with Crippen LogP contribution >= 0.6 is 0 Å². The Bertz CT molecular complexity index is 426. The average Bonchev–Trinajstić information content (AvgIpc) is 2.45. The second-order valence-electron chi connectivity index (χ2n) is 4.92. The van der Waals surface area contributed by atoms with E-state index in [4.69, 9.17) is 5.11 Å². The summed E-state index contributed by atoms with van der Waals surface area (Å²) >= 11 is 0. The molecule has 0 saturated carbocycles. The Kier molecular flexibility index (Phi) is 7.58. The van der Waals surface area contributed by atoms with Gasteiger partial charge in [0.25, 0.3) is 0 Å². The Morgan fingerprint density at radius 1 is 1.05 bits per heavy atom. The molecule has 20 heavy (non-hydrogen) atoms. The highest BCUT2D eigenvalue weighted by atomic mass is 16.2. The van der Waals surface area contributed by atoms with Gasteiger partial charge in [0.2, 0.25) is 5.91 Å². The fraction of sp³-hybridized carbons (Fsp3) is 0.500. The second kappa shape index (κ2) is 9.26. The monoisotopic (exact) mass is 277 g/mol. The van der Waals surface area contributed by atoms with Gasteiger partial charge in [-0.2, -0.15) is 0 Å². The van der Waals surface area contributed by atoms with Crippen LogP contribution in [0.1, 0.15) is 48.0 Å². The number of Topliss-reactive ketones (excluding diaryl/α,β-unsaturated/α-hetero) is 1. The summed E-state index contributed by atoms with van der Waals surface area (Å²) in [7, 11) is 0. The molecule has 0 aliphatic heterocycles. The number of nitrogens with one attached hydrogen (secondary N) is 1. The van der Waals surface area contributed by atoms with E-state index in [0.29, 0.717) is 12.1 Å². The molecule has 0 fully saturated rings. The minimum atomic E-state index is -0.0885. The van der Waals surface area contributed by atoms with Crippen molar-refractivity contribution in [2.24, 2.45) is 0 Å². The normalized spacial score (nSPS) is 10.3. The van der Waals surface area contributed by atoms with E-state index in [1.165, 1.54) is 0 Å². The molecule has 1 aromatic carbocycles. The summed E-state index contributed by atoms with van der Waals surface area (Å²) < 4.78 is 0. The smallest absolute Gasteiger partial charge is 0.220 e. The Balaban J connectivity index is 2.20. The topological polar surface area (TPSA) is 66.4 Å². The Hall–Kier alpha value is -1.68. The van der Waals surface area contributed by atoms with Crippen LogP contribution in [0.2, 0.25) is 0 Å². The first kappa shape index (κ1) is 16.4. The number of aryl methyl sites for hydroxylation is 1. The quantitative estimate of drug-likeness (QED) is 0.537. The molecule has 0 bridgehead atoms. The molecule has 0 aromatic heterocycles. The largest absolute Gasteiger partial charge is 0.396 e. The molecule has 110 valence electrons. The molecule has 0 saturated heterocycles. The summed E-state index contributed by atoms with van der Waals surface area (Å²) in [4.78, 5) is 23.4. The van der Waals surface area contributed by atoms with E-state index in [1.54, 1.807) is 12.1 Å². The molecule has 0 spiro atoms. The predicted molar refractivity (Wildman–Crippen MR) is 78.7 cm³/mol. The lowest BCUT2D eigenvalue weighted by Gasteiger charge is -2.05. The van der Waals surface area contributed by atoms with Crippen molar-refractivity contribution >= 4 is 11.7 Å². The summed E-state index contributed by atoms with van der Waals surface area (Å²) in [5.41, 5.74) is 1.77. The molecule has 0 unspecified atom stereocenters. The highest BCUT2D eigenvalue weighted by molar-refractivity contribution is 5.97. The van der Waals surface area contributed by atoms with E-state index in [-0.39, 0.29) is 31.1 Å². The van der Waals surface area contributed by atoms with Crippen molar-refractivity contribution in [3.8, 4) is 0 Å². The van der Waals surface area contributed by atoms with Crippen LogP contribution in [0.5, 0.6) is 0 Å². The van der Waals surface area contributed by atoms with E-state index in [0.717, 1.165) is 24.8 Å². The third kappa shape index (κ3) is 6.48. The number of aliphatic hydroxyl groups is 1. The maximum atomic E-state index is 11.9. The minimum Gasteiger partial charge on any atom is -0.396 e. The molecule has 0 aliphatic rings. The third-order valence-corrected chi connectivity index (χ3v) is 3.11.